The zero-order chi connectivity index (χ0) is 37.3. The second kappa shape index (κ2) is 12.5. The van der Waals surface area contributed by atoms with Gasteiger partial charge in [-0.3, -0.25) is 14.6 Å². The number of hydrogen-bond donors (Lipinski definition) is 3. The first-order valence-corrected chi connectivity index (χ1v) is 16.4. The van der Waals surface area contributed by atoms with E-state index in [4.69, 9.17) is 4.98 Å². The van der Waals surface area contributed by atoms with E-state index in [0.717, 1.165) is 12.1 Å². The third-order valence-corrected chi connectivity index (χ3v) is 9.48. The van der Waals surface area contributed by atoms with Crippen molar-refractivity contribution >= 4 is 16.8 Å². The molecule has 2 aliphatic carbocycles. The zero-order valence-corrected chi connectivity index (χ0v) is 28.0. The number of rotatable bonds is 7. The van der Waals surface area contributed by atoms with E-state index in [-0.39, 0.29) is 36.2 Å². The van der Waals surface area contributed by atoms with Gasteiger partial charge < -0.3 is 10.4 Å². The summed E-state index contributed by atoms with van der Waals surface area (Å²) in [7, 11) is 0. The van der Waals surface area contributed by atoms with Crippen molar-refractivity contribution in [2.45, 2.75) is 76.2 Å². The summed E-state index contributed by atoms with van der Waals surface area (Å²) in [5.41, 5.74) is -1.66. The monoisotopic (exact) mass is 724 g/mol. The van der Waals surface area contributed by atoms with Crippen LogP contribution in [-0.4, -0.2) is 41.6 Å². The second-order valence-corrected chi connectivity index (χ2v) is 13.8. The first kappa shape index (κ1) is 35.2. The van der Waals surface area contributed by atoms with E-state index >= 15 is 8.78 Å². The molecule has 1 amide bonds. The summed E-state index contributed by atoms with van der Waals surface area (Å²) < 4.78 is 103. The van der Waals surface area contributed by atoms with Gasteiger partial charge in [0, 0.05) is 34.2 Å². The Morgan fingerprint density at radius 1 is 1.10 bits per heavy atom. The van der Waals surface area contributed by atoms with Gasteiger partial charge >= 0.3 is 6.18 Å². The van der Waals surface area contributed by atoms with E-state index in [0.29, 0.717) is 38.5 Å². The number of halogens is 7. The quantitative estimate of drug-likeness (QED) is 0.121. The molecular weight excluding hydrogens is 693 g/mol. The summed E-state index contributed by atoms with van der Waals surface area (Å²) in [6.07, 6.45) is -5.14. The average Bonchev–Trinajstić information content (AvgIpc) is 3.63. The molecule has 15 heteroatoms. The molecule has 0 saturated heterocycles. The molecule has 3 N–H and O–H groups in total. The van der Waals surface area contributed by atoms with Crippen LogP contribution in [-0.2, 0) is 29.9 Å². The number of hydrogen-bond acceptors (Lipinski definition) is 5. The Kier molecular flexibility index (Phi) is 8.44. The molecule has 1 saturated carbocycles. The molecule has 5 aromatic rings. The van der Waals surface area contributed by atoms with Gasteiger partial charge in [0.25, 0.3) is 5.92 Å². The third kappa shape index (κ3) is 6.40. The number of fused-ring (bicyclic) bond motifs is 4. The molecule has 7 rings (SSSR count). The van der Waals surface area contributed by atoms with Gasteiger partial charge in [-0.25, -0.2) is 13.8 Å². The highest BCUT2D eigenvalue weighted by atomic mass is 19.4. The highest BCUT2D eigenvalue weighted by molar-refractivity contribution is 5.97. The van der Waals surface area contributed by atoms with Gasteiger partial charge in [-0.05, 0) is 93.3 Å². The van der Waals surface area contributed by atoms with E-state index < -0.39 is 76.6 Å². The van der Waals surface area contributed by atoms with Gasteiger partial charge in [-0.1, -0.05) is 18.1 Å². The fourth-order valence-corrected chi connectivity index (χ4v) is 7.22. The Balaban J connectivity index is 1.35. The molecule has 0 unspecified atom stereocenters. The summed E-state index contributed by atoms with van der Waals surface area (Å²) >= 11 is 0. The SMILES string of the molecule is Cc1[nH]nc2cccc(-c3ccc(C#CC(C)(C)O)nc3[C@H](Cc3cc(F)cc(F)c3)NC(=O)Cn3nc(C(F)(F)F)c4c3C(F)(F)[C@@H]3CC[C@H]43)c12. The van der Waals surface area contributed by atoms with Crippen LogP contribution >= 0.6 is 0 Å². The summed E-state index contributed by atoms with van der Waals surface area (Å²) in [5.74, 6) is -3.36. The highest BCUT2D eigenvalue weighted by Gasteiger charge is 2.63. The number of aliphatic hydroxyl groups is 1. The molecule has 52 heavy (non-hydrogen) atoms. The Bertz CT molecular complexity index is 2270. The van der Waals surface area contributed by atoms with Gasteiger partial charge in [0.05, 0.1) is 17.3 Å². The number of alkyl halides is 5. The maximum atomic E-state index is 15.5. The number of carbonyl (C=O) groups is 1. The van der Waals surface area contributed by atoms with E-state index in [1.807, 2.05) is 0 Å². The summed E-state index contributed by atoms with van der Waals surface area (Å²) in [6.45, 7) is 3.71. The number of aromatic amines is 1. The molecule has 8 nitrogen and oxygen atoms in total. The van der Waals surface area contributed by atoms with Crippen molar-refractivity contribution in [3.05, 3.63) is 99.8 Å². The van der Waals surface area contributed by atoms with Crippen molar-refractivity contribution in [3.8, 4) is 23.0 Å². The molecule has 3 aromatic heterocycles. The van der Waals surface area contributed by atoms with Crippen molar-refractivity contribution in [2.75, 3.05) is 0 Å². The molecular formula is C37H31F7N6O2. The number of nitrogens with zero attached hydrogens (tertiary/aromatic N) is 4. The number of amides is 1. The van der Waals surface area contributed by atoms with Crippen LogP contribution in [0.15, 0.2) is 48.5 Å². The minimum Gasteiger partial charge on any atom is -0.378 e. The zero-order valence-electron chi connectivity index (χ0n) is 28.0. The first-order valence-electron chi connectivity index (χ1n) is 16.4. The normalized spacial score (nSPS) is 18.3. The van der Waals surface area contributed by atoms with Crippen LogP contribution in [0.5, 0.6) is 0 Å². The molecule has 2 aliphatic rings. The Morgan fingerprint density at radius 2 is 1.83 bits per heavy atom. The standard InChI is InChI=1S/C37H31F7N6O2/c1-18-30-23(5-4-6-27(30)48-47-18)24-8-7-22(11-12-35(2,3)52)45-32(24)28(15-19-13-20(38)16-21(39)14-19)46-29(51)17-50-34-31(33(49-50)37(42,43)44)25-9-10-26(25)36(34,40)41/h4-8,13-14,16,25-26,28,52H,9-10,15,17H2,1-3H3,(H,46,51)(H,47,48)/t25-,26+,28-/m0/s1. The summed E-state index contributed by atoms with van der Waals surface area (Å²) in [5, 5.41) is 24.4. The minimum absolute atomic E-state index is 0.0339. The molecule has 3 heterocycles. The molecule has 0 aliphatic heterocycles. The van der Waals surface area contributed by atoms with Crippen molar-refractivity contribution < 1.29 is 40.6 Å². The lowest BCUT2D eigenvalue weighted by molar-refractivity contribution is -0.144. The number of H-pyrrole nitrogens is 1. The summed E-state index contributed by atoms with van der Waals surface area (Å²) in [4.78, 5) is 18.5. The van der Waals surface area contributed by atoms with Crippen LogP contribution in [0.4, 0.5) is 30.7 Å². The van der Waals surface area contributed by atoms with Crippen molar-refractivity contribution in [2.24, 2.45) is 5.92 Å². The van der Waals surface area contributed by atoms with E-state index in [2.05, 4.69) is 32.5 Å². The molecule has 0 radical (unpaired) electrons. The van der Waals surface area contributed by atoms with Crippen LogP contribution in [0, 0.1) is 36.3 Å². The van der Waals surface area contributed by atoms with Gasteiger partial charge in [-0.2, -0.15) is 32.1 Å². The van der Waals surface area contributed by atoms with Crippen LogP contribution in [0.3, 0.4) is 0 Å². The largest absolute Gasteiger partial charge is 0.435 e. The van der Waals surface area contributed by atoms with Gasteiger partial charge in [0.2, 0.25) is 5.91 Å². The Morgan fingerprint density at radius 3 is 2.48 bits per heavy atom. The first-order chi connectivity index (χ1) is 24.4. The van der Waals surface area contributed by atoms with Crippen molar-refractivity contribution in [3.63, 3.8) is 0 Å². The molecule has 270 valence electrons. The molecule has 1 fully saturated rings. The number of carbonyl (C=O) groups excluding carboxylic acids is 1. The fraction of sp³-hybridized carbons (Fsp3) is 0.351. The van der Waals surface area contributed by atoms with Gasteiger partial charge in [0.1, 0.15) is 35.2 Å². The fourth-order valence-electron chi connectivity index (χ4n) is 7.22. The highest BCUT2D eigenvalue weighted by Crippen LogP contribution is 2.64. The Hall–Kier alpha value is -5.23. The predicted molar refractivity (Wildman–Crippen MR) is 175 cm³/mol. The van der Waals surface area contributed by atoms with Crippen LogP contribution in [0.1, 0.15) is 78.2 Å². The Labute approximate surface area is 292 Å². The number of aryl methyl sites for hydroxylation is 1. The molecule has 3 atom stereocenters. The number of aromatic nitrogens is 5. The predicted octanol–water partition coefficient (Wildman–Crippen LogP) is 7.25. The lowest BCUT2D eigenvalue weighted by Crippen LogP contribution is -2.36. The van der Waals surface area contributed by atoms with Crippen molar-refractivity contribution in [1.82, 2.24) is 30.3 Å². The van der Waals surface area contributed by atoms with Crippen LogP contribution < -0.4 is 5.32 Å². The van der Waals surface area contributed by atoms with Gasteiger partial charge in [-0.15, -0.1) is 0 Å². The van der Waals surface area contributed by atoms with E-state index in [1.165, 1.54) is 13.8 Å². The number of benzene rings is 2. The van der Waals surface area contributed by atoms with Crippen LogP contribution in [0.2, 0.25) is 0 Å². The molecule has 0 bridgehead atoms. The van der Waals surface area contributed by atoms with E-state index in [9.17, 15) is 31.9 Å². The smallest absolute Gasteiger partial charge is 0.378 e. The van der Waals surface area contributed by atoms with Crippen LogP contribution in [0.25, 0.3) is 22.0 Å². The van der Waals surface area contributed by atoms with Crippen molar-refractivity contribution in [1.29, 1.82) is 0 Å². The molecule has 0 spiro atoms. The second-order valence-electron chi connectivity index (χ2n) is 13.8. The number of nitrogens with one attached hydrogen (secondary N) is 2. The van der Waals surface area contributed by atoms with Gasteiger partial charge in [0.15, 0.2) is 5.69 Å². The lowest BCUT2D eigenvalue weighted by atomic mass is 9.73. The average molecular weight is 725 g/mol. The number of pyridine rings is 1. The molecule has 2 aromatic carbocycles. The summed E-state index contributed by atoms with van der Waals surface area (Å²) in [6, 6.07) is 10.1. The third-order valence-electron chi connectivity index (χ3n) is 9.48. The topological polar surface area (TPSA) is 109 Å². The lowest BCUT2D eigenvalue weighted by Gasteiger charge is -2.34. The van der Waals surface area contributed by atoms with E-state index in [1.54, 1.807) is 37.3 Å². The maximum Gasteiger partial charge on any atom is 0.435 e. The maximum absolute atomic E-state index is 15.5. The minimum atomic E-state index is -5.04.